The van der Waals surface area contributed by atoms with Crippen molar-refractivity contribution in [3.63, 3.8) is 0 Å². The van der Waals surface area contributed by atoms with Gasteiger partial charge in [-0.25, -0.2) is 12.8 Å². The third-order valence-corrected chi connectivity index (χ3v) is 5.59. The van der Waals surface area contributed by atoms with Gasteiger partial charge >= 0.3 is 0 Å². The molecular formula is C21H19FN2O3S. The molecule has 1 atom stereocenters. The minimum atomic E-state index is -4.19. The van der Waals surface area contributed by atoms with E-state index in [4.69, 9.17) is 0 Å². The third kappa shape index (κ3) is 4.37. The number of amides is 1. The summed E-state index contributed by atoms with van der Waals surface area (Å²) in [7, 11) is -4.19. The second kappa shape index (κ2) is 8.22. The molecule has 0 saturated heterocycles. The van der Waals surface area contributed by atoms with Crippen molar-refractivity contribution < 1.29 is 17.6 Å². The van der Waals surface area contributed by atoms with Crippen LogP contribution in [0.2, 0.25) is 0 Å². The van der Waals surface area contributed by atoms with E-state index in [1.165, 1.54) is 24.3 Å². The Kier molecular flexibility index (Phi) is 5.75. The van der Waals surface area contributed by atoms with Crippen LogP contribution in [0.5, 0.6) is 0 Å². The summed E-state index contributed by atoms with van der Waals surface area (Å²) in [5.74, 6) is -1.31. The quantitative estimate of drug-likeness (QED) is 0.656. The van der Waals surface area contributed by atoms with Crippen LogP contribution in [0.3, 0.4) is 0 Å². The van der Waals surface area contributed by atoms with Crippen LogP contribution in [-0.2, 0) is 10.0 Å². The van der Waals surface area contributed by atoms with Crippen molar-refractivity contribution in [2.75, 3.05) is 4.72 Å². The van der Waals surface area contributed by atoms with Gasteiger partial charge in [0.2, 0.25) is 0 Å². The Morgan fingerprint density at radius 3 is 2.21 bits per heavy atom. The molecule has 3 rings (SSSR count). The molecule has 0 aromatic heterocycles. The van der Waals surface area contributed by atoms with Crippen molar-refractivity contribution in [1.82, 2.24) is 5.32 Å². The van der Waals surface area contributed by atoms with E-state index in [1.807, 2.05) is 37.3 Å². The predicted molar refractivity (Wildman–Crippen MR) is 106 cm³/mol. The van der Waals surface area contributed by atoms with Gasteiger partial charge in [-0.3, -0.25) is 9.52 Å². The summed E-state index contributed by atoms with van der Waals surface area (Å²) in [4.78, 5) is 12.2. The number of sulfonamides is 1. The van der Waals surface area contributed by atoms with E-state index in [0.717, 1.165) is 17.7 Å². The summed E-state index contributed by atoms with van der Waals surface area (Å²) in [5.41, 5.74) is 1.13. The van der Waals surface area contributed by atoms with Crippen LogP contribution in [0.25, 0.3) is 0 Å². The van der Waals surface area contributed by atoms with E-state index in [0.29, 0.717) is 0 Å². The zero-order valence-electron chi connectivity index (χ0n) is 15.1. The minimum absolute atomic E-state index is 0.0727. The van der Waals surface area contributed by atoms with Gasteiger partial charge in [0.25, 0.3) is 15.9 Å². The maximum Gasteiger partial charge on any atom is 0.264 e. The lowest BCUT2D eigenvalue weighted by atomic mass is 10.1. The predicted octanol–water partition coefficient (Wildman–Crippen LogP) is 4.12. The highest BCUT2D eigenvalue weighted by Crippen LogP contribution is 2.22. The van der Waals surface area contributed by atoms with Crippen LogP contribution in [0, 0.1) is 5.82 Å². The number of benzene rings is 3. The summed E-state index contributed by atoms with van der Waals surface area (Å²) < 4.78 is 41.3. The number of hydrogen-bond donors (Lipinski definition) is 2. The van der Waals surface area contributed by atoms with Crippen LogP contribution in [-0.4, -0.2) is 14.3 Å². The lowest BCUT2D eigenvalue weighted by Crippen LogP contribution is -2.28. The molecule has 7 heteroatoms. The average Bonchev–Trinajstić information content (AvgIpc) is 2.69. The Balaban J connectivity index is 1.85. The number of anilines is 1. The fourth-order valence-electron chi connectivity index (χ4n) is 2.73. The van der Waals surface area contributed by atoms with Gasteiger partial charge in [0.05, 0.1) is 17.3 Å². The lowest BCUT2D eigenvalue weighted by molar-refractivity contribution is 0.0941. The fourth-order valence-corrected chi connectivity index (χ4v) is 3.89. The number of rotatable bonds is 6. The molecule has 0 fully saturated rings. The van der Waals surface area contributed by atoms with Gasteiger partial charge in [-0.1, -0.05) is 54.6 Å². The normalized spacial score (nSPS) is 12.2. The zero-order valence-corrected chi connectivity index (χ0v) is 15.9. The first-order chi connectivity index (χ1) is 13.4. The molecule has 0 aliphatic rings. The number of carbonyl (C=O) groups excluding carboxylic acids is 1. The van der Waals surface area contributed by atoms with Gasteiger partial charge in [-0.05, 0) is 36.8 Å². The Morgan fingerprint density at radius 2 is 1.50 bits per heavy atom. The summed E-state index contributed by atoms with van der Waals surface area (Å²) in [6, 6.07) is 20.4. The van der Waals surface area contributed by atoms with E-state index >= 15 is 0 Å². The van der Waals surface area contributed by atoms with Crippen molar-refractivity contribution in [1.29, 1.82) is 0 Å². The molecule has 3 aromatic rings. The average molecular weight is 398 g/mol. The van der Waals surface area contributed by atoms with Crippen LogP contribution in [0.15, 0.2) is 83.8 Å². The van der Waals surface area contributed by atoms with Gasteiger partial charge in [0.1, 0.15) is 10.7 Å². The standard InChI is InChI=1S/C21H19FN2O3S/c1-15(16-9-3-2-4-10-16)23-21(25)17-11-5-7-13-19(17)24-28(26,27)20-14-8-6-12-18(20)22/h2-15,24H,1H3,(H,23,25)/t15-/m1/s1. The third-order valence-electron chi connectivity index (χ3n) is 4.19. The van der Waals surface area contributed by atoms with E-state index < -0.39 is 26.6 Å². The highest BCUT2D eigenvalue weighted by Gasteiger charge is 2.22. The van der Waals surface area contributed by atoms with Gasteiger partial charge in [0.15, 0.2) is 0 Å². The van der Waals surface area contributed by atoms with E-state index in [1.54, 1.807) is 12.1 Å². The van der Waals surface area contributed by atoms with Crippen molar-refractivity contribution >= 4 is 21.6 Å². The van der Waals surface area contributed by atoms with Crippen LogP contribution < -0.4 is 10.0 Å². The molecule has 0 unspecified atom stereocenters. The Hall–Kier alpha value is -3.19. The molecular weight excluding hydrogens is 379 g/mol. The van der Waals surface area contributed by atoms with Crippen molar-refractivity contribution in [2.45, 2.75) is 17.9 Å². The number of para-hydroxylation sites is 1. The maximum absolute atomic E-state index is 13.9. The van der Waals surface area contributed by atoms with Gasteiger partial charge in [-0.15, -0.1) is 0 Å². The molecule has 28 heavy (non-hydrogen) atoms. The second-order valence-corrected chi connectivity index (χ2v) is 7.84. The highest BCUT2D eigenvalue weighted by molar-refractivity contribution is 7.92. The van der Waals surface area contributed by atoms with Crippen LogP contribution in [0.1, 0.15) is 28.9 Å². The molecule has 144 valence electrons. The fraction of sp³-hybridized carbons (Fsp3) is 0.0952. The molecule has 5 nitrogen and oxygen atoms in total. The Morgan fingerprint density at radius 1 is 0.893 bits per heavy atom. The summed E-state index contributed by atoms with van der Waals surface area (Å²) in [6.07, 6.45) is 0. The molecule has 3 aromatic carbocycles. The van der Waals surface area contributed by atoms with Crippen LogP contribution in [0.4, 0.5) is 10.1 Å². The molecule has 1 amide bonds. The number of carbonyl (C=O) groups is 1. The Bertz CT molecular complexity index is 1090. The summed E-state index contributed by atoms with van der Waals surface area (Å²) in [6.45, 7) is 1.83. The number of hydrogen-bond acceptors (Lipinski definition) is 3. The second-order valence-electron chi connectivity index (χ2n) is 6.19. The molecule has 0 aliphatic heterocycles. The van der Waals surface area contributed by atoms with Crippen molar-refractivity contribution in [2.24, 2.45) is 0 Å². The molecule has 0 radical (unpaired) electrons. The van der Waals surface area contributed by atoms with Crippen molar-refractivity contribution in [3.05, 3.63) is 95.8 Å². The maximum atomic E-state index is 13.9. The first-order valence-electron chi connectivity index (χ1n) is 8.60. The summed E-state index contributed by atoms with van der Waals surface area (Å²) >= 11 is 0. The molecule has 0 saturated carbocycles. The lowest BCUT2D eigenvalue weighted by Gasteiger charge is -2.17. The first kappa shape index (κ1) is 19.6. The molecule has 0 spiro atoms. The van der Waals surface area contributed by atoms with E-state index in [9.17, 15) is 17.6 Å². The monoisotopic (exact) mass is 398 g/mol. The summed E-state index contributed by atoms with van der Waals surface area (Å²) in [5, 5.41) is 2.84. The Labute approximate surface area is 163 Å². The van der Waals surface area contributed by atoms with E-state index in [2.05, 4.69) is 10.0 Å². The van der Waals surface area contributed by atoms with Gasteiger partial charge < -0.3 is 5.32 Å². The zero-order chi connectivity index (χ0) is 20.1. The number of halogens is 1. The molecule has 0 bridgehead atoms. The molecule has 2 N–H and O–H groups in total. The number of nitrogens with one attached hydrogen (secondary N) is 2. The largest absolute Gasteiger partial charge is 0.345 e. The van der Waals surface area contributed by atoms with Gasteiger partial charge in [0, 0.05) is 0 Å². The minimum Gasteiger partial charge on any atom is -0.345 e. The van der Waals surface area contributed by atoms with Crippen LogP contribution >= 0.6 is 0 Å². The molecule has 0 heterocycles. The van der Waals surface area contributed by atoms with Crippen molar-refractivity contribution in [3.8, 4) is 0 Å². The van der Waals surface area contributed by atoms with Gasteiger partial charge in [-0.2, -0.15) is 0 Å². The topological polar surface area (TPSA) is 75.3 Å². The highest BCUT2D eigenvalue weighted by atomic mass is 32.2. The van der Waals surface area contributed by atoms with E-state index in [-0.39, 0.29) is 17.3 Å². The SMILES string of the molecule is C[C@@H](NC(=O)c1ccccc1NS(=O)(=O)c1ccccc1F)c1ccccc1. The molecule has 0 aliphatic carbocycles. The first-order valence-corrected chi connectivity index (χ1v) is 10.1. The smallest absolute Gasteiger partial charge is 0.264 e.